The quantitative estimate of drug-likeness (QED) is 0.803. The second-order valence-corrected chi connectivity index (χ2v) is 5.16. The van der Waals surface area contributed by atoms with Crippen LogP contribution in [0.15, 0.2) is 24.3 Å². The standard InChI is InChI=1S/C15H22O3/c1-4-5-12-6-8-13(9-7-12)16-10-14-11-17-15(2,3)18-14/h6-9,14H,4-5,10-11H2,1-3H3/t14-/m1/s1. The zero-order valence-corrected chi connectivity index (χ0v) is 11.4. The molecule has 0 aliphatic carbocycles. The van der Waals surface area contributed by atoms with E-state index in [4.69, 9.17) is 14.2 Å². The maximum Gasteiger partial charge on any atom is 0.163 e. The van der Waals surface area contributed by atoms with Gasteiger partial charge in [0, 0.05) is 0 Å². The Kier molecular flexibility index (Phi) is 4.25. The van der Waals surface area contributed by atoms with Gasteiger partial charge < -0.3 is 14.2 Å². The summed E-state index contributed by atoms with van der Waals surface area (Å²) in [5.74, 6) is 0.419. The normalized spacial score (nSPS) is 22.1. The number of hydrogen-bond donors (Lipinski definition) is 0. The lowest BCUT2D eigenvalue weighted by Crippen LogP contribution is -2.25. The van der Waals surface area contributed by atoms with E-state index in [0.717, 1.165) is 12.2 Å². The summed E-state index contributed by atoms with van der Waals surface area (Å²) < 4.78 is 16.9. The molecule has 0 unspecified atom stereocenters. The lowest BCUT2D eigenvalue weighted by Gasteiger charge is -2.17. The van der Waals surface area contributed by atoms with E-state index >= 15 is 0 Å². The molecule has 3 heteroatoms. The van der Waals surface area contributed by atoms with Gasteiger partial charge in [-0.1, -0.05) is 25.5 Å². The Morgan fingerprint density at radius 1 is 1.28 bits per heavy atom. The number of rotatable bonds is 5. The minimum Gasteiger partial charge on any atom is -0.491 e. The van der Waals surface area contributed by atoms with E-state index in [2.05, 4.69) is 19.1 Å². The molecule has 18 heavy (non-hydrogen) atoms. The molecule has 0 saturated carbocycles. The van der Waals surface area contributed by atoms with Gasteiger partial charge >= 0.3 is 0 Å². The number of aryl methyl sites for hydroxylation is 1. The highest BCUT2D eigenvalue weighted by Gasteiger charge is 2.32. The summed E-state index contributed by atoms with van der Waals surface area (Å²) in [6.45, 7) is 7.17. The zero-order valence-electron chi connectivity index (χ0n) is 11.4. The lowest BCUT2D eigenvalue weighted by molar-refractivity contribution is -0.141. The number of benzene rings is 1. The van der Waals surface area contributed by atoms with Gasteiger partial charge in [0.25, 0.3) is 0 Å². The third kappa shape index (κ3) is 3.72. The minimum atomic E-state index is -0.473. The molecule has 1 aromatic rings. The molecular formula is C15H22O3. The third-order valence-corrected chi connectivity index (χ3v) is 2.97. The second-order valence-electron chi connectivity index (χ2n) is 5.16. The second kappa shape index (κ2) is 5.72. The van der Waals surface area contributed by atoms with E-state index in [0.29, 0.717) is 13.2 Å². The molecule has 2 rings (SSSR count). The Bertz CT molecular complexity index is 370. The van der Waals surface area contributed by atoms with Crippen molar-refractivity contribution in [2.45, 2.75) is 45.5 Å². The fourth-order valence-electron chi connectivity index (χ4n) is 2.08. The van der Waals surface area contributed by atoms with Crippen LogP contribution in [0.2, 0.25) is 0 Å². The predicted molar refractivity (Wildman–Crippen MR) is 70.8 cm³/mol. The summed E-state index contributed by atoms with van der Waals surface area (Å²) in [5.41, 5.74) is 1.35. The lowest BCUT2D eigenvalue weighted by atomic mass is 10.1. The third-order valence-electron chi connectivity index (χ3n) is 2.97. The highest BCUT2D eigenvalue weighted by atomic mass is 16.7. The molecule has 1 fully saturated rings. The Morgan fingerprint density at radius 3 is 2.56 bits per heavy atom. The summed E-state index contributed by atoms with van der Waals surface area (Å²) in [5, 5.41) is 0. The molecule has 0 radical (unpaired) electrons. The van der Waals surface area contributed by atoms with Crippen molar-refractivity contribution < 1.29 is 14.2 Å². The molecule has 1 aliphatic heterocycles. The van der Waals surface area contributed by atoms with Gasteiger partial charge in [0.05, 0.1) is 6.61 Å². The van der Waals surface area contributed by atoms with Crippen LogP contribution in [0.4, 0.5) is 0 Å². The van der Waals surface area contributed by atoms with Gasteiger partial charge in [-0.15, -0.1) is 0 Å². The van der Waals surface area contributed by atoms with Crippen LogP contribution in [0.1, 0.15) is 32.8 Å². The van der Waals surface area contributed by atoms with Crippen molar-refractivity contribution in [2.24, 2.45) is 0 Å². The number of ether oxygens (including phenoxy) is 3. The van der Waals surface area contributed by atoms with Crippen LogP contribution in [-0.2, 0) is 15.9 Å². The topological polar surface area (TPSA) is 27.7 Å². The maximum absolute atomic E-state index is 5.71. The fourth-order valence-corrected chi connectivity index (χ4v) is 2.08. The molecule has 1 atom stereocenters. The van der Waals surface area contributed by atoms with Crippen molar-refractivity contribution in [1.29, 1.82) is 0 Å². The van der Waals surface area contributed by atoms with Crippen LogP contribution in [0.5, 0.6) is 5.75 Å². The highest BCUT2D eigenvalue weighted by Crippen LogP contribution is 2.23. The van der Waals surface area contributed by atoms with Crippen molar-refractivity contribution in [2.75, 3.05) is 13.2 Å². The molecule has 1 aliphatic rings. The van der Waals surface area contributed by atoms with Gasteiger partial charge in [-0.3, -0.25) is 0 Å². The Hall–Kier alpha value is -1.06. The van der Waals surface area contributed by atoms with E-state index in [1.54, 1.807) is 0 Å². The monoisotopic (exact) mass is 250 g/mol. The molecule has 0 aromatic heterocycles. The first-order chi connectivity index (χ1) is 8.59. The first kappa shape index (κ1) is 13.4. The average molecular weight is 250 g/mol. The van der Waals surface area contributed by atoms with Gasteiger partial charge in [0.1, 0.15) is 18.5 Å². The van der Waals surface area contributed by atoms with Crippen molar-refractivity contribution >= 4 is 0 Å². The largest absolute Gasteiger partial charge is 0.491 e. The van der Waals surface area contributed by atoms with Crippen LogP contribution in [0.3, 0.4) is 0 Å². The van der Waals surface area contributed by atoms with E-state index in [-0.39, 0.29) is 6.10 Å². The summed E-state index contributed by atoms with van der Waals surface area (Å²) in [4.78, 5) is 0. The van der Waals surface area contributed by atoms with E-state index < -0.39 is 5.79 Å². The van der Waals surface area contributed by atoms with Crippen molar-refractivity contribution in [1.82, 2.24) is 0 Å². The van der Waals surface area contributed by atoms with Crippen LogP contribution >= 0.6 is 0 Å². The SMILES string of the molecule is CCCc1ccc(OC[C@@H]2COC(C)(C)O2)cc1. The summed E-state index contributed by atoms with van der Waals surface area (Å²) >= 11 is 0. The maximum atomic E-state index is 5.71. The van der Waals surface area contributed by atoms with E-state index in [1.165, 1.54) is 12.0 Å². The Balaban J connectivity index is 1.80. The van der Waals surface area contributed by atoms with Gasteiger partial charge in [-0.25, -0.2) is 0 Å². The predicted octanol–water partition coefficient (Wildman–Crippen LogP) is 3.17. The summed E-state index contributed by atoms with van der Waals surface area (Å²) in [6.07, 6.45) is 2.31. The highest BCUT2D eigenvalue weighted by molar-refractivity contribution is 5.27. The molecule has 1 aromatic carbocycles. The van der Waals surface area contributed by atoms with Crippen LogP contribution in [-0.4, -0.2) is 25.1 Å². The van der Waals surface area contributed by atoms with Crippen molar-refractivity contribution in [3.63, 3.8) is 0 Å². The Morgan fingerprint density at radius 2 is 2.00 bits per heavy atom. The minimum absolute atomic E-state index is 0.0234. The molecule has 1 saturated heterocycles. The molecule has 0 N–H and O–H groups in total. The van der Waals surface area contributed by atoms with Gasteiger partial charge in [-0.2, -0.15) is 0 Å². The first-order valence-corrected chi connectivity index (χ1v) is 6.62. The molecule has 3 nitrogen and oxygen atoms in total. The molecular weight excluding hydrogens is 228 g/mol. The van der Waals surface area contributed by atoms with Crippen LogP contribution in [0, 0.1) is 0 Å². The van der Waals surface area contributed by atoms with E-state index in [9.17, 15) is 0 Å². The molecule has 0 spiro atoms. The van der Waals surface area contributed by atoms with Crippen LogP contribution < -0.4 is 4.74 Å². The zero-order chi connectivity index (χ0) is 13.0. The van der Waals surface area contributed by atoms with Gasteiger partial charge in [0.15, 0.2) is 5.79 Å². The molecule has 1 heterocycles. The molecule has 0 amide bonds. The summed E-state index contributed by atoms with van der Waals surface area (Å²) in [6, 6.07) is 8.28. The fraction of sp³-hybridized carbons (Fsp3) is 0.600. The first-order valence-electron chi connectivity index (χ1n) is 6.62. The number of hydrogen-bond acceptors (Lipinski definition) is 3. The average Bonchev–Trinajstić information content (AvgIpc) is 2.69. The van der Waals surface area contributed by atoms with E-state index in [1.807, 2.05) is 26.0 Å². The Labute approximate surface area is 109 Å². The van der Waals surface area contributed by atoms with Crippen molar-refractivity contribution in [3.05, 3.63) is 29.8 Å². The van der Waals surface area contributed by atoms with Crippen molar-refractivity contribution in [3.8, 4) is 5.75 Å². The molecule has 0 bridgehead atoms. The summed E-state index contributed by atoms with van der Waals surface area (Å²) in [7, 11) is 0. The smallest absolute Gasteiger partial charge is 0.163 e. The van der Waals surface area contributed by atoms with Gasteiger partial charge in [0.2, 0.25) is 0 Å². The molecule has 100 valence electrons. The van der Waals surface area contributed by atoms with Crippen LogP contribution in [0.25, 0.3) is 0 Å². The van der Waals surface area contributed by atoms with Gasteiger partial charge in [-0.05, 0) is 38.0 Å².